The fourth-order valence-corrected chi connectivity index (χ4v) is 11.4. The molecule has 0 unspecified atom stereocenters. The van der Waals surface area contributed by atoms with Gasteiger partial charge in [-0.1, -0.05) is 188 Å². The predicted molar refractivity (Wildman–Crippen MR) is 256 cm³/mol. The van der Waals surface area contributed by atoms with Crippen molar-refractivity contribution >= 4 is 31.5 Å². The summed E-state index contributed by atoms with van der Waals surface area (Å²) in [6.07, 6.45) is 0. The van der Waals surface area contributed by atoms with E-state index < -0.39 is 5.41 Å². The summed E-state index contributed by atoms with van der Waals surface area (Å²) >= 11 is 1.85. The third kappa shape index (κ3) is 5.14. The molecule has 2 aromatic heterocycles. The summed E-state index contributed by atoms with van der Waals surface area (Å²) in [6, 6.07) is 76.7. The van der Waals surface area contributed by atoms with Gasteiger partial charge >= 0.3 is 0 Å². The van der Waals surface area contributed by atoms with Crippen molar-refractivity contribution in [3.8, 4) is 78.7 Å². The highest BCUT2D eigenvalue weighted by Crippen LogP contribution is 2.63. The molecule has 0 saturated carbocycles. The average molecular weight is 806 g/mol. The molecule has 1 spiro atoms. The zero-order chi connectivity index (χ0) is 40.8. The van der Waals surface area contributed by atoms with E-state index in [0.717, 1.165) is 33.4 Å². The van der Waals surface area contributed by atoms with Crippen LogP contribution in [0.25, 0.3) is 98.8 Å². The summed E-state index contributed by atoms with van der Waals surface area (Å²) in [6.45, 7) is 0. The van der Waals surface area contributed by atoms with Gasteiger partial charge < -0.3 is 0 Å². The fraction of sp³-hybridized carbons (Fsp3) is 0.0172. The molecule has 9 aromatic carbocycles. The smallest absolute Gasteiger partial charge is 0.164 e. The van der Waals surface area contributed by atoms with Gasteiger partial charge in [0, 0.05) is 36.9 Å². The fourth-order valence-electron chi connectivity index (χ4n) is 10.3. The Balaban J connectivity index is 0.996. The van der Waals surface area contributed by atoms with E-state index in [1.807, 2.05) is 17.4 Å². The highest BCUT2D eigenvalue weighted by molar-refractivity contribution is 7.25. The summed E-state index contributed by atoms with van der Waals surface area (Å²) in [5.74, 6) is 1.91. The lowest BCUT2D eigenvalue weighted by atomic mass is 9.70. The molecule has 2 aliphatic rings. The number of hydrogen-bond donors (Lipinski definition) is 0. The molecule has 4 heteroatoms. The van der Waals surface area contributed by atoms with Crippen molar-refractivity contribution in [1.29, 1.82) is 0 Å². The monoisotopic (exact) mass is 805 g/mol. The van der Waals surface area contributed by atoms with Gasteiger partial charge in [-0.3, -0.25) is 0 Å². The van der Waals surface area contributed by atoms with Crippen LogP contribution in [-0.4, -0.2) is 15.0 Å². The van der Waals surface area contributed by atoms with Gasteiger partial charge in [-0.05, 0) is 91.0 Å². The summed E-state index contributed by atoms with van der Waals surface area (Å²) < 4.78 is 2.59. The highest BCUT2D eigenvalue weighted by Gasteiger charge is 2.51. The maximum absolute atomic E-state index is 5.32. The molecular weight excluding hydrogens is 771 g/mol. The van der Waals surface area contributed by atoms with Gasteiger partial charge in [0.15, 0.2) is 17.5 Å². The van der Waals surface area contributed by atoms with Gasteiger partial charge in [0.25, 0.3) is 0 Å². The lowest BCUT2D eigenvalue weighted by molar-refractivity contribution is 0.794. The average Bonchev–Trinajstić information content (AvgIpc) is 3.98. The second kappa shape index (κ2) is 13.6. The second-order valence-electron chi connectivity index (χ2n) is 16.3. The van der Waals surface area contributed by atoms with Gasteiger partial charge in [0.2, 0.25) is 0 Å². The van der Waals surface area contributed by atoms with E-state index in [1.54, 1.807) is 0 Å². The molecular formula is C58H35N3S. The minimum atomic E-state index is -0.468. The SMILES string of the molecule is c1ccc(-c2cccc(-c3nc(-c4ccc(-c5cccc6sc7ccccc7c56)cc4)nc(-c4ccc5c(c4)C4(c6ccccc6-c6ccccc64)c4ccccc4-5)n3)c2)cc1. The van der Waals surface area contributed by atoms with Crippen molar-refractivity contribution in [3.63, 3.8) is 0 Å². The Morgan fingerprint density at radius 1 is 0.290 bits per heavy atom. The number of rotatable bonds is 5. The van der Waals surface area contributed by atoms with Crippen molar-refractivity contribution < 1.29 is 0 Å². The molecule has 62 heavy (non-hydrogen) atoms. The third-order valence-electron chi connectivity index (χ3n) is 13.0. The number of nitrogens with zero attached hydrogens (tertiary/aromatic N) is 3. The van der Waals surface area contributed by atoms with Gasteiger partial charge in [0.05, 0.1) is 5.41 Å². The third-order valence-corrected chi connectivity index (χ3v) is 14.1. The maximum atomic E-state index is 5.32. The largest absolute Gasteiger partial charge is 0.208 e. The number of benzene rings is 9. The van der Waals surface area contributed by atoms with Crippen molar-refractivity contribution in [1.82, 2.24) is 15.0 Å². The highest BCUT2D eigenvalue weighted by atomic mass is 32.1. The molecule has 11 aromatic rings. The number of fused-ring (bicyclic) bond motifs is 13. The lowest BCUT2D eigenvalue weighted by Crippen LogP contribution is -2.25. The molecule has 0 radical (unpaired) electrons. The van der Waals surface area contributed by atoms with Gasteiger partial charge in [-0.15, -0.1) is 11.3 Å². The van der Waals surface area contributed by atoms with Crippen molar-refractivity contribution in [2.45, 2.75) is 5.41 Å². The Labute approximate surface area is 363 Å². The Hall–Kier alpha value is -7.79. The first-order valence-electron chi connectivity index (χ1n) is 21.1. The number of aromatic nitrogens is 3. The van der Waals surface area contributed by atoms with Gasteiger partial charge in [-0.25, -0.2) is 15.0 Å². The maximum Gasteiger partial charge on any atom is 0.164 e. The van der Waals surface area contributed by atoms with E-state index in [9.17, 15) is 0 Å². The zero-order valence-corrected chi connectivity index (χ0v) is 34.3. The molecule has 0 aliphatic heterocycles. The second-order valence-corrected chi connectivity index (χ2v) is 17.3. The lowest BCUT2D eigenvalue weighted by Gasteiger charge is -2.30. The van der Waals surface area contributed by atoms with Crippen molar-refractivity contribution in [2.24, 2.45) is 0 Å². The van der Waals surface area contributed by atoms with Gasteiger partial charge in [0.1, 0.15) is 0 Å². The van der Waals surface area contributed by atoms with Crippen LogP contribution in [0.3, 0.4) is 0 Å². The van der Waals surface area contributed by atoms with Crippen LogP contribution in [0.15, 0.2) is 212 Å². The van der Waals surface area contributed by atoms with Crippen LogP contribution >= 0.6 is 11.3 Å². The Morgan fingerprint density at radius 2 is 0.758 bits per heavy atom. The van der Waals surface area contributed by atoms with E-state index in [0.29, 0.717) is 17.5 Å². The van der Waals surface area contributed by atoms with E-state index in [2.05, 4.69) is 206 Å². The molecule has 0 N–H and O–H groups in total. The Bertz CT molecular complexity index is 3520. The number of hydrogen-bond acceptors (Lipinski definition) is 4. The van der Waals surface area contributed by atoms with Crippen LogP contribution < -0.4 is 0 Å². The van der Waals surface area contributed by atoms with Gasteiger partial charge in [-0.2, -0.15) is 0 Å². The summed E-state index contributed by atoms with van der Waals surface area (Å²) in [5, 5.41) is 2.59. The normalized spacial score (nSPS) is 13.0. The molecule has 0 fully saturated rings. The van der Waals surface area contributed by atoms with Crippen LogP contribution in [-0.2, 0) is 5.41 Å². The molecule has 13 rings (SSSR count). The molecule has 0 atom stereocenters. The molecule has 3 nitrogen and oxygen atoms in total. The first-order chi connectivity index (χ1) is 30.7. The van der Waals surface area contributed by atoms with E-state index in [-0.39, 0.29) is 0 Å². The summed E-state index contributed by atoms with van der Waals surface area (Å²) in [4.78, 5) is 15.9. The first-order valence-corrected chi connectivity index (χ1v) is 21.9. The molecule has 2 heterocycles. The Kier molecular flexibility index (Phi) is 7.69. The van der Waals surface area contributed by atoms with Crippen molar-refractivity contribution in [3.05, 3.63) is 235 Å². The van der Waals surface area contributed by atoms with Crippen molar-refractivity contribution in [2.75, 3.05) is 0 Å². The topological polar surface area (TPSA) is 38.7 Å². The summed E-state index contributed by atoms with van der Waals surface area (Å²) in [7, 11) is 0. The number of thiophene rings is 1. The molecule has 288 valence electrons. The van der Waals surface area contributed by atoms with Crippen LogP contribution in [0.5, 0.6) is 0 Å². The zero-order valence-electron chi connectivity index (χ0n) is 33.5. The van der Waals surface area contributed by atoms with Crippen LogP contribution in [0, 0.1) is 0 Å². The first kappa shape index (κ1) is 35.0. The van der Waals surface area contributed by atoms with E-state index in [4.69, 9.17) is 15.0 Å². The summed E-state index contributed by atoms with van der Waals surface area (Å²) in [5.41, 5.74) is 17.3. The van der Waals surface area contributed by atoms with Crippen LogP contribution in [0.4, 0.5) is 0 Å². The standard InChI is InChI=1S/C58H35N3S/c1-2-14-36(15-3-1)39-16-12-17-40(34-39)56-59-55(38-30-28-37(29-31-38)42-22-13-27-53-54(42)47-21-7-11-26-52(47)62-53)60-57(61-56)41-32-33-46-45-20-6-10-25-50(45)58(51(46)35-41)48-23-8-4-18-43(48)44-19-5-9-24-49(44)58/h1-35H. The minimum absolute atomic E-state index is 0.468. The molecule has 0 bridgehead atoms. The van der Waals surface area contributed by atoms with Crippen LogP contribution in [0.2, 0.25) is 0 Å². The van der Waals surface area contributed by atoms with Crippen LogP contribution in [0.1, 0.15) is 22.3 Å². The molecule has 0 amide bonds. The van der Waals surface area contributed by atoms with E-state index >= 15 is 0 Å². The predicted octanol–water partition coefficient (Wildman–Crippen LogP) is 14.9. The quantitative estimate of drug-likeness (QED) is 0.174. The molecule has 2 aliphatic carbocycles. The minimum Gasteiger partial charge on any atom is -0.208 e. The van der Waals surface area contributed by atoms with E-state index in [1.165, 1.54) is 70.2 Å². The Morgan fingerprint density at radius 3 is 1.45 bits per heavy atom. The molecule has 0 saturated heterocycles.